The molecule has 1 aromatic rings. The van der Waals surface area contributed by atoms with Gasteiger partial charge in [-0.3, -0.25) is 19.3 Å². The summed E-state index contributed by atoms with van der Waals surface area (Å²) in [5.41, 5.74) is 6.35. The third-order valence-electron chi connectivity index (χ3n) is 4.87. The highest BCUT2D eigenvalue weighted by Gasteiger charge is 2.26. The minimum Gasteiger partial charge on any atom is -0.368 e. The SMILES string of the molecule is C[C@@H](NC(=O)CCC(=O)N1CCN([C@@H](C)C(N)=O)CC1)c1ccccc1. The zero-order chi connectivity index (χ0) is 19.1. The second-order valence-electron chi connectivity index (χ2n) is 6.69. The lowest BCUT2D eigenvalue weighted by molar-refractivity contribution is -0.136. The van der Waals surface area contributed by atoms with Crippen LogP contribution in [0.4, 0.5) is 0 Å². The van der Waals surface area contributed by atoms with Crippen LogP contribution < -0.4 is 11.1 Å². The van der Waals surface area contributed by atoms with Gasteiger partial charge < -0.3 is 16.0 Å². The number of rotatable bonds is 7. The highest BCUT2D eigenvalue weighted by atomic mass is 16.2. The van der Waals surface area contributed by atoms with Crippen molar-refractivity contribution in [2.45, 2.75) is 38.8 Å². The van der Waals surface area contributed by atoms with Crippen molar-refractivity contribution in [3.05, 3.63) is 35.9 Å². The summed E-state index contributed by atoms with van der Waals surface area (Å²) in [4.78, 5) is 39.4. The number of nitrogens with zero attached hydrogens (tertiary/aromatic N) is 2. The van der Waals surface area contributed by atoms with Crippen LogP contribution in [0.25, 0.3) is 0 Å². The van der Waals surface area contributed by atoms with E-state index in [-0.39, 0.29) is 42.6 Å². The maximum atomic E-state index is 12.3. The molecule has 3 N–H and O–H groups in total. The van der Waals surface area contributed by atoms with E-state index >= 15 is 0 Å². The zero-order valence-corrected chi connectivity index (χ0v) is 15.5. The first kappa shape index (κ1) is 19.9. The Kier molecular flexibility index (Phi) is 7.15. The number of piperazine rings is 1. The molecule has 142 valence electrons. The zero-order valence-electron chi connectivity index (χ0n) is 15.5. The number of amides is 3. The summed E-state index contributed by atoms with van der Waals surface area (Å²) in [5, 5.41) is 2.92. The van der Waals surface area contributed by atoms with Crippen molar-refractivity contribution in [1.29, 1.82) is 0 Å². The molecule has 26 heavy (non-hydrogen) atoms. The van der Waals surface area contributed by atoms with E-state index in [1.54, 1.807) is 11.8 Å². The summed E-state index contributed by atoms with van der Waals surface area (Å²) >= 11 is 0. The van der Waals surface area contributed by atoms with Gasteiger partial charge in [0.1, 0.15) is 0 Å². The van der Waals surface area contributed by atoms with Gasteiger partial charge in [0.05, 0.1) is 12.1 Å². The van der Waals surface area contributed by atoms with Crippen molar-refractivity contribution in [2.24, 2.45) is 5.73 Å². The maximum Gasteiger partial charge on any atom is 0.234 e. The van der Waals surface area contributed by atoms with Gasteiger partial charge in [0.25, 0.3) is 0 Å². The van der Waals surface area contributed by atoms with Crippen molar-refractivity contribution in [3.63, 3.8) is 0 Å². The predicted octanol–water partition coefficient (Wildman–Crippen LogP) is 0.662. The number of benzene rings is 1. The van der Waals surface area contributed by atoms with Gasteiger partial charge in [-0.25, -0.2) is 0 Å². The summed E-state index contributed by atoms with van der Waals surface area (Å²) in [6.07, 6.45) is 0.368. The Bertz CT molecular complexity index is 627. The molecular weight excluding hydrogens is 332 g/mol. The number of carbonyl (C=O) groups is 3. The van der Waals surface area contributed by atoms with Gasteiger partial charge in [-0.15, -0.1) is 0 Å². The van der Waals surface area contributed by atoms with Crippen molar-refractivity contribution in [1.82, 2.24) is 15.1 Å². The third kappa shape index (κ3) is 5.56. The number of nitrogens with two attached hydrogens (primary N) is 1. The molecular formula is C19H28N4O3. The van der Waals surface area contributed by atoms with Crippen LogP contribution in [-0.2, 0) is 14.4 Å². The first-order chi connectivity index (χ1) is 12.4. The van der Waals surface area contributed by atoms with E-state index in [1.165, 1.54) is 0 Å². The molecule has 1 aromatic carbocycles. The van der Waals surface area contributed by atoms with Crippen molar-refractivity contribution >= 4 is 17.7 Å². The average molecular weight is 360 g/mol. The van der Waals surface area contributed by atoms with Crippen LogP contribution in [0.5, 0.6) is 0 Å². The van der Waals surface area contributed by atoms with E-state index in [9.17, 15) is 14.4 Å². The smallest absolute Gasteiger partial charge is 0.234 e. The summed E-state index contributed by atoms with van der Waals surface area (Å²) < 4.78 is 0. The molecule has 0 unspecified atom stereocenters. The number of hydrogen-bond donors (Lipinski definition) is 2. The topological polar surface area (TPSA) is 95.7 Å². The minimum atomic E-state index is -0.353. The van der Waals surface area contributed by atoms with Crippen LogP contribution >= 0.6 is 0 Å². The van der Waals surface area contributed by atoms with Gasteiger partial charge in [0.2, 0.25) is 17.7 Å². The molecule has 1 saturated heterocycles. The molecule has 7 nitrogen and oxygen atoms in total. The van der Waals surface area contributed by atoms with Crippen LogP contribution in [0.1, 0.15) is 38.3 Å². The minimum absolute atomic E-state index is 0.0288. The van der Waals surface area contributed by atoms with Crippen molar-refractivity contribution in [3.8, 4) is 0 Å². The Morgan fingerprint density at radius 1 is 1.04 bits per heavy atom. The molecule has 2 rings (SSSR count). The van der Waals surface area contributed by atoms with Crippen molar-refractivity contribution < 1.29 is 14.4 Å². The molecule has 0 aliphatic carbocycles. The molecule has 1 aliphatic heterocycles. The second kappa shape index (κ2) is 9.33. The fourth-order valence-corrected chi connectivity index (χ4v) is 3.06. The molecule has 0 radical (unpaired) electrons. The van der Waals surface area contributed by atoms with Gasteiger partial charge in [0.15, 0.2) is 0 Å². The van der Waals surface area contributed by atoms with Crippen LogP contribution in [0, 0.1) is 0 Å². The molecule has 0 aromatic heterocycles. The summed E-state index contributed by atoms with van der Waals surface area (Å²) in [6.45, 7) is 6.05. The van der Waals surface area contributed by atoms with E-state index in [4.69, 9.17) is 5.73 Å². The first-order valence-corrected chi connectivity index (χ1v) is 9.04. The summed E-state index contributed by atoms with van der Waals surface area (Å²) in [6, 6.07) is 9.31. The quantitative estimate of drug-likeness (QED) is 0.747. The molecule has 3 amide bonds. The Morgan fingerprint density at radius 2 is 1.65 bits per heavy atom. The highest BCUT2D eigenvalue weighted by Crippen LogP contribution is 2.12. The fraction of sp³-hybridized carbons (Fsp3) is 0.526. The average Bonchev–Trinajstić information content (AvgIpc) is 2.66. The van der Waals surface area contributed by atoms with Gasteiger partial charge >= 0.3 is 0 Å². The van der Waals surface area contributed by atoms with Gasteiger partial charge in [-0.05, 0) is 19.4 Å². The monoisotopic (exact) mass is 360 g/mol. The van der Waals surface area contributed by atoms with Gasteiger partial charge in [0, 0.05) is 39.0 Å². The van der Waals surface area contributed by atoms with Crippen molar-refractivity contribution in [2.75, 3.05) is 26.2 Å². The Hall–Kier alpha value is -2.41. The van der Waals surface area contributed by atoms with E-state index in [1.807, 2.05) is 42.2 Å². The molecule has 1 heterocycles. The highest BCUT2D eigenvalue weighted by molar-refractivity contribution is 5.84. The molecule has 7 heteroatoms. The lowest BCUT2D eigenvalue weighted by atomic mass is 10.1. The summed E-state index contributed by atoms with van der Waals surface area (Å²) in [7, 11) is 0. The second-order valence-corrected chi connectivity index (χ2v) is 6.69. The number of primary amides is 1. The van der Waals surface area contributed by atoms with E-state index in [0.717, 1.165) is 5.56 Å². The normalized spacial score (nSPS) is 17.4. The Balaban J connectivity index is 1.72. The van der Waals surface area contributed by atoms with Crippen LogP contribution in [0.3, 0.4) is 0 Å². The molecule has 0 bridgehead atoms. The lowest BCUT2D eigenvalue weighted by Crippen LogP contribution is -2.54. The molecule has 1 fully saturated rings. The summed E-state index contributed by atoms with van der Waals surface area (Å²) in [5.74, 6) is -0.511. The largest absolute Gasteiger partial charge is 0.368 e. The standard InChI is InChI=1S/C19H28N4O3/c1-14(16-6-4-3-5-7-16)21-17(24)8-9-18(25)23-12-10-22(11-13-23)15(2)19(20)26/h3-7,14-15H,8-13H2,1-2H3,(H2,20,26)(H,21,24)/t14-,15+/m1/s1. The van der Waals surface area contributed by atoms with E-state index in [2.05, 4.69) is 5.32 Å². The number of nitrogens with one attached hydrogen (secondary N) is 1. The van der Waals surface area contributed by atoms with Crippen LogP contribution in [0.15, 0.2) is 30.3 Å². The molecule has 2 atom stereocenters. The molecule has 0 saturated carbocycles. The first-order valence-electron chi connectivity index (χ1n) is 9.04. The third-order valence-corrected chi connectivity index (χ3v) is 4.87. The number of hydrogen-bond acceptors (Lipinski definition) is 4. The lowest BCUT2D eigenvalue weighted by Gasteiger charge is -2.37. The van der Waals surface area contributed by atoms with Gasteiger partial charge in [-0.2, -0.15) is 0 Å². The van der Waals surface area contributed by atoms with E-state index < -0.39 is 0 Å². The number of carbonyl (C=O) groups excluding carboxylic acids is 3. The Labute approximate surface area is 154 Å². The maximum absolute atomic E-state index is 12.3. The van der Waals surface area contributed by atoms with E-state index in [0.29, 0.717) is 26.2 Å². The van der Waals surface area contributed by atoms with Crippen LogP contribution in [0.2, 0.25) is 0 Å². The molecule has 0 spiro atoms. The molecule has 1 aliphatic rings. The Morgan fingerprint density at radius 3 is 2.23 bits per heavy atom. The van der Waals surface area contributed by atoms with Crippen LogP contribution in [-0.4, -0.2) is 59.7 Å². The predicted molar refractivity (Wildman–Crippen MR) is 99.0 cm³/mol. The van der Waals surface area contributed by atoms with Gasteiger partial charge in [-0.1, -0.05) is 30.3 Å². The fourth-order valence-electron chi connectivity index (χ4n) is 3.06.